The molecular weight excluding hydrogens is 412 g/mol. The smallest absolute Gasteiger partial charge is 0.244 e. The van der Waals surface area contributed by atoms with E-state index in [1.807, 2.05) is 54.6 Å². The van der Waals surface area contributed by atoms with E-state index in [2.05, 4.69) is 4.90 Å². The molecule has 0 aromatic heterocycles. The lowest BCUT2D eigenvalue weighted by atomic mass is 10.1. The van der Waals surface area contributed by atoms with Gasteiger partial charge in [-0.1, -0.05) is 54.6 Å². The van der Waals surface area contributed by atoms with Crippen molar-refractivity contribution in [1.82, 2.24) is 9.21 Å². The van der Waals surface area contributed by atoms with Gasteiger partial charge in [-0.25, -0.2) is 8.42 Å². The summed E-state index contributed by atoms with van der Waals surface area (Å²) >= 11 is 0. The van der Waals surface area contributed by atoms with E-state index >= 15 is 0 Å². The number of morpholine rings is 1. The molecular formula is C24H28N2O4S. The van der Waals surface area contributed by atoms with Crippen LogP contribution in [-0.2, 0) is 21.3 Å². The fourth-order valence-corrected chi connectivity index (χ4v) is 5.57. The fourth-order valence-electron chi connectivity index (χ4n) is 3.95. The van der Waals surface area contributed by atoms with E-state index in [1.54, 1.807) is 23.5 Å². The summed E-state index contributed by atoms with van der Waals surface area (Å²) in [5, 5.41) is 1.65. The van der Waals surface area contributed by atoms with E-state index in [0.717, 1.165) is 29.4 Å². The molecule has 0 amide bonds. The van der Waals surface area contributed by atoms with Crippen LogP contribution >= 0.6 is 0 Å². The molecule has 7 heteroatoms. The highest BCUT2D eigenvalue weighted by molar-refractivity contribution is 7.89. The van der Waals surface area contributed by atoms with Gasteiger partial charge in [0.25, 0.3) is 0 Å². The molecule has 0 radical (unpaired) electrons. The molecule has 0 N–H and O–H groups in total. The van der Waals surface area contributed by atoms with Crippen LogP contribution in [0.5, 0.6) is 5.75 Å². The predicted molar refractivity (Wildman–Crippen MR) is 122 cm³/mol. The molecule has 0 saturated carbocycles. The van der Waals surface area contributed by atoms with E-state index < -0.39 is 10.0 Å². The zero-order valence-electron chi connectivity index (χ0n) is 17.7. The molecule has 0 aliphatic carbocycles. The number of benzene rings is 3. The first-order valence-corrected chi connectivity index (χ1v) is 11.9. The molecule has 0 atom stereocenters. The number of hydrogen-bond acceptors (Lipinski definition) is 5. The molecule has 1 saturated heterocycles. The zero-order valence-corrected chi connectivity index (χ0v) is 18.6. The fraction of sp³-hybridized carbons (Fsp3) is 0.333. The lowest BCUT2D eigenvalue weighted by Crippen LogP contribution is -2.42. The van der Waals surface area contributed by atoms with Gasteiger partial charge >= 0.3 is 0 Å². The summed E-state index contributed by atoms with van der Waals surface area (Å²) in [6.07, 6.45) is 0. The maximum atomic E-state index is 13.9. The van der Waals surface area contributed by atoms with Gasteiger partial charge in [0, 0.05) is 43.7 Å². The first-order valence-electron chi connectivity index (χ1n) is 10.5. The summed E-state index contributed by atoms with van der Waals surface area (Å²) < 4.78 is 40.2. The Bertz CT molecular complexity index is 1120. The van der Waals surface area contributed by atoms with Gasteiger partial charge in [-0.2, -0.15) is 4.31 Å². The van der Waals surface area contributed by atoms with Crippen molar-refractivity contribution in [3.63, 3.8) is 0 Å². The zero-order chi connectivity index (χ0) is 21.7. The average Bonchev–Trinajstić information content (AvgIpc) is 2.82. The number of para-hydroxylation sites is 1. The molecule has 1 heterocycles. The van der Waals surface area contributed by atoms with Crippen LogP contribution in [0.25, 0.3) is 10.8 Å². The lowest BCUT2D eigenvalue weighted by Gasteiger charge is -2.30. The number of rotatable bonds is 8. The highest BCUT2D eigenvalue weighted by Gasteiger charge is 2.28. The standard InChI is InChI=1S/C24H28N2O4S/c1-29-23-11-5-3-8-21(23)19-26(14-13-25-15-17-30-18-16-25)31(27,28)24-12-6-9-20-7-2-4-10-22(20)24/h2-12H,13-19H2,1H3. The van der Waals surface area contributed by atoms with Crippen LogP contribution in [0.2, 0.25) is 0 Å². The summed E-state index contributed by atoms with van der Waals surface area (Å²) in [7, 11) is -2.12. The highest BCUT2D eigenvalue weighted by atomic mass is 32.2. The average molecular weight is 441 g/mol. The normalized spacial score (nSPS) is 15.4. The molecule has 0 unspecified atom stereocenters. The Balaban J connectivity index is 1.69. The molecule has 31 heavy (non-hydrogen) atoms. The van der Waals surface area contributed by atoms with Gasteiger partial charge in [-0.05, 0) is 17.5 Å². The molecule has 0 bridgehead atoms. The van der Waals surface area contributed by atoms with Gasteiger partial charge in [-0.3, -0.25) is 4.90 Å². The summed E-state index contributed by atoms with van der Waals surface area (Å²) in [5.41, 5.74) is 0.843. The minimum absolute atomic E-state index is 0.250. The number of sulfonamides is 1. The second kappa shape index (κ2) is 9.78. The molecule has 6 nitrogen and oxygen atoms in total. The van der Waals surface area contributed by atoms with Crippen molar-refractivity contribution in [2.75, 3.05) is 46.5 Å². The van der Waals surface area contributed by atoms with Crippen molar-refractivity contribution in [2.24, 2.45) is 0 Å². The van der Waals surface area contributed by atoms with Crippen LogP contribution in [0.4, 0.5) is 0 Å². The maximum Gasteiger partial charge on any atom is 0.244 e. The van der Waals surface area contributed by atoms with Crippen LogP contribution in [0, 0.1) is 0 Å². The number of ether oxygens (including phenoxy) is 2. The van der Waals surface area contributed by atoms with E-state index in [1.165, 1.54) is 0 Å². The van der Waals surface area contributed by atoms with Crippen LogP contribution in [-0.4, -0.2) is 64.1 Å². The van der Waals surface area contributed by atoms with Gasteiger partial charge in [0.05, 0.1) is 25.2 Å². The van der Waals surface area contributed by atoms with Crippen molar-refractivity contribution in [3.8, 4) is 5.75 Å². The Hall–Kier alpha value is -2.45. The third kappa shape index (κ3) is 4.91. The molecule has 1 aliphatic heterocycles. The monoisotopic (exact) mass is 440 g/mol. The first kappa shape index (κ1) is 21.8. The quantitative estimate of drug-likeness (QED) is 0.538. The second-order valence-electron chi connectivity index (χ2n) is 7.58. The maximum absolute atomic E-state index is 13.9. The lowest BCUT2D eigenvalue weighted by molar-refractivity contribution is 0.0361. The Labute approximate surface area is 184 Å². The molecule has 0 spiro atoms. The first-order chi connectivity index (χ1) is 15.1. The van der Waals surface area contributed by atoms with Crippen LogP contribution < -0.4 is 4.74 Å². The summed E-state index contributed by atoms with van der Waals surface area (Å²) in [6.45, 7) is 4.30. The number of methoxy groups -OCH3 is 1. The summed E-state index contributed by atoms with van der Waals surface area (Å²) in [6, 6.07) is 20.6. The Morgan fingerprint density at radius 2 is 1.68 bits per heavy atom. The van der Waals surface area contributed by atoms with Crippen LogP contribution in [0.3, 0.4) is 0 Å². The van der Waals surface area contributed by atoms with Crippen molar-refractivity contribution < 1.29 is 17.9 Å². The van der Waals surface area contributed by atoms with Crippen LogP contribution in [0.15, 0.2) is 71.6 Å². The largest absolute Gasteiger partial charge is 0.496 e. The Morgan fingerprint density at radius 3 is 2.48 bits per heavy atom. The van der Waals surface area contributed by atoms with Gasteiger partial charge in [0.15, 0.2) is 0 Å². The summed E-state index contributed by atoms with van der Waals surface area (Å²) in [4.78, 5) is 2.58. The second-order valence-corrected chi connectivity index (χ2v) is 9.49. The van der Waals surface area contributed by atoms with E-state index in [-0.39, 0.29) is 6.54 Å². The number of fused-ring (bicyclic) bond motifs is 1. The van der Waals surface area contributed by atoms with Gasteiger partial charge < -0.3 is 9.47 Å². The van der Waals surface area contributed by atoms with E-state index in [9.17, 15) is 8.42 Å². The van der Waals surface area contributed by atoms with Crippen molar-refractivity contribution in [2.45, 2.75) is 11.4 Å². The van der Waals surface area contributed by atoms with Gasteiger partial charge in [0.1, 0.15) is 5.75 Å². The van der Waals surface area contributed by atoms with Crippen molar-refractivity contribution in [3.05, 3.63) is 72.3 Å². The third-order valence-electron chi connectivity index (χ3n) is 5.68. The molecule has 3 aromatic carbocycles. The topological polar surface area (TPSA) is 59.1 Å². The molecule has 3 aromatic rings. The van der Waals surface area contributed by atoms with Gasteiger partial charge in [-0.15, -0.1) is 0 Å². The predicted octanol–water partition coefficient (Wildman–Crippen LogP) is 3.37. The Kier molecular flexibility index (Phi) is 6.87. The minimum Gasteiger partial charge on any atom is -0.496 e. The van der Waals surface area contributed by atoms with Gasteiger partial charge in [0.2, 0.25) is 10.0 Å². The molecule has 1 aliphatic rings. The van der Waals surface area contributed by atoms with Crippen molar-refractivity contribution >= 4 is 20.8 Å². The molecule has 164 valence electrons. The van der Waals surface area contributed by atoms with Crippen LogP contribution in [0.1, 0.15) is 5.56 Å². The van der Waals surface area contributed by atoms with E-state index in [0.29, 0.717) is 36.9 Å². The summed E-state index contributed by atoms with van der Waals surface area (Å²) in [5.74, 6) is 0.687. The van der Waals surface area contributed by atoms with Crippen molar-refractivity contribution in [1.29, 1.82) is 0 Å². The van der Waals surface area contributed by atoms with E-state index in [4.69, 9.17) is 9.47 Å². The number of nitrogens with zero attached hydrogens (tertiary/aromatic N) is 2. The number of hydrogen-bond donors (Lipinski definition) is 0. The Morgan fingerprint density at radius 1 is 0.968 bits per heavy atom. The minimum atomic E-state index is -3.73. The molecule has 4 rings (SSSR count). The molecule has 1 fully saturated rings. The highest BCUT2D eigenvalue weighted by Crippen LogP contribution is 2.28. The third-order valence-corrected chi connectivity index (χ3v) is 7.58. The SMILES string of the molecule is COc1ccccc1CN(CCN1CCOCC1)S(=O)(=O)c1cccc2ccccc12.